The standard InChI is InChI=1S/C15H21FN2O2.ClH/c1-2-13(20-14-6-4-3-5-11(14)16)15(19)18-9-12(17)10-7-8-10;/h3-6,10,12-13H,2,7-9,17H2,1H3,(H,18,19);1H. The summed E-state index contributed by atoms with van der Waals surface area (Å²) in [4.78, 5) is 12.0. The van der Waals surface area contributed by atoms with Gasteiger partial charge in [-0.15, -0.1) is 12.4 Å². The highest BCUT2D eigenvalue weighted by Crippen LogP contribution is 2.31. The van der Waals surface area contributed by atoms with Crippen molar-refractivity contribution in [2.45, 2.75) is 38.3 Å². The Labute approximate surface area is 130 Å². The van der Waals surface area contributed by atoms with Gasteiger partial charge in [0.25, 0.3) is 5.91 Å². The zero-order chi connectivity index (χ0) is 14.5. The molecule has 0 aromatic heterocycles. The van der Waals surface area contributed by atoms with Crippen LogP contribution in [0.15, 0.2) is 24.3 Å². The molecule has 0 aliphatic heterocycles. The number of amides is 1. The molecule has 2 unspecified atom stereocenters. The fraction of sp³-hybridized carbons (Fsp3) is 0.533. The fourth-order valence-corrected chi connectivity index (χ4v) is 2.04. The minimum atomic E-state index is -0.696. The topological polar surface area (TPSA) is 64.3 Å². The molecule has 1 aromatic carbocycles. The number of halogens is 2. The van der Waals surface area contributed by atoms with E-state index in [4.69, 9.17) is 10.5 Å². The molecule has 1 aliphatic carbocycles. The Morgan fingerprint density at radius 2 is 2.14 bits per heavy atom. The van der Waals surface area contributed by atoms with Crippen molar-refractivity contribution >= 4 is 18.3 Å². The normalized spacial score (nSPS) is 16.5. The number of para-hydroxylation sites is 1. The lowest BCUT2D eigenvalue weighted by Crippen LogP contribution is -2.44. The van der Waals surface area contributed by atoms with Crippen LogP contribution in [0.3, 0.4) is 0 Å². The van der Waals surface area contributed by atoms with Crippen molar-refractivity contribution in [2.24, 2.45) is 11.7 Å². The first kappa shape index (κ1) is 17.7. The van der Waals surface area contributed by atoms with Crippen LogP contribution in [0, 0.1) is 11.7 Å². The number of hydrogen-bond acceptors (Lipinski definition) is 3. The molecule has 21 heavy (non-hydrogen) atoms. The molecule has 0 heterocycles. The molecule has 1 saturated carbocycles. The van der Waals surface area contributed by atoms with Crippen molar-refractivity contribution in [3.05, 3.63) is 30.1 Å². The smallest absolute Gasteiger partial charge is 0.261 e. The van der Waals surface area contributed by atoms with E-state index in [9.17, 15) is 9.18 Å². The summed E-state index contributed by atoms with van der Waals surface area (Å²) >= 11 is 0. The van der Waals surface area contributed by atoms with Gasteiger partial charge >= 0.3 is 0 Å². The Morgan fingerprint density at radius 1 is 1.48 bits per heavy atom. The first-order valence-corrected chi connectivity index (χ1v) is 7.06. The summed E-state index contributed by atoms with van der Waals surface area (Å²) < 4.78 is 18.9. The van der Waals surface area contributed by atoms with Crippen molar-refractivity contribution in [2.75, 3.05) is 6.54 Å². The molecule has 2 atom stereocenters. The Morgan fingerprint density at radius 3 is 2.71 bits per heavy atom. The van der Waals surface area contributed by atoms with E-state index >= 15 is 0 Å². The second kappa shape index (κ2) is 8.20. The van der Waals surface area contributed by atoms with E-state index in [1.165, 1.54) is 12.1 Å². The molecule has 0 spiro atoms. The first-order chi connectivity index (χ1) is 9.61. The molecule has 1 aliphatic rings. The van der Waals surface area contributed by atoms with Crippen LogP contribution >= 0.6 is 12.4 Å². The third kappa shape index (κ3) is 5.17. The lowest BCUT2D eigenvalue weighted by molar-refractivity contribution is -0.128. The SMILES string of the molecule is CCC(Oc1ccccc1F)C(=O)NCC(N)C1CC1.Cl. The number of nitrogens with two attached hydrogens (primary N) is 1. The predicted octanol–water partition coefficient (Wildman–Crippen LogP) is 2.26. The number of nitrogens with one attached hydrogen (secondary N) is 1. The van der Waals surface area contributed by atoms with E-state index in [-0.39, 0.29) is 30.1 Å². The minimum Gasteiger partial charge on any atom is -0.478 e. The van der Waals surface area contributed by atoms with Crippen molar-refractivity contribution in [3.63, 3.8) is 0 Å². The highest BCUT2D eigenvalue weighted by atomic mass is 35.5. The van der Waals surface area contributed by atoms with Crippen LogP contribution in [0.25, 0.3) is 0 Å². The van der Waals surface area contributed by atoms with E-state index < -0.39 is 11.9 Å². The first-order valence-electron chi connectivity index (χ1n) is 7.06. The summed E-state index contributed by atoms with van der Waals surface area (Å²) in [5.74, 6) is -0.0795. The van der Waals surface area contributed by atoms with Gasteiger partial charge in [0.15, 0.2) is 17.7 Å². The maximum atomic E-state index is 13.5. The number of carbonyl (C=O) groups excluding carboxylic acids is 1. The molecule has 1 fully saturated rings. The van der Waals surface area contributed by atoms with Gasteiger partial charge in [-0.1, -0.05) is 19.1 Å². The van der Waals surface area contributed by atoms with Crippen LogP contribution in [0.4, 0.5) is 4.39 Å². The fourth-order valence-electron chi connectivity index (χ4n) is 2.04. The highest BCUT2D eigenvalue weighted by Gasteiger charge is 2.29. The van der Waals surface area contributed by atoms with Gasteiger partial charge in [-0.2, -0.15) is 0 Å². The summed E-state index contributed by atoms with van der Waals surface area (Å²) in [6, 6.07) is 6.08. The van der Waals surface area contributed by atoms with Crippen LogP contribution in [-0.4, -0.2) is 24.6 Å². The number of benzene rings is 1. The van der Waals surface area contributed by atoms with Gasteiger partial charge in [-0.3, -0.25) is 4.79 Å². The summed E-state index contributed by atoms with van der Waals surface area (Å²) in [5, 5.41) is 2.78. The third-order valence-electron chi connectivity index (χ3n) is 3.51. The Hall–Kier alpha value is -1.33. The summed E-state index contributed by atoms with van der Waals surface area (Å²) in [6.45, 7) is 2.27. The maximum absolute atomic E-state index is 13.5. The second-order valence-corrected chi connectivity index (χ2v) is 5.19. The number of ether oxygens (including phenoxy) is 1. The molecule has 0 bridgehead atoms. The van der Waals surface area contributed by atoms with E-state index in [1.807, 2.05) is 6.92 Å². The molecule has 118 valence electrons. The van der Waals surface area contributed by atoms with Gasteiger partial charge in [0.05, 0.1) is 0 Å². The zero-order valence-corrected chi connectivity index (χ0v) is 12.9. The van der Waals surface area contributed by atoms with E-state index in [0.717, 1.165) is 12.8 Å². The lowest BCUT2D eigenvalue weighted by Gasteiger charge is -2.19. The summed E-state index contributed by atoms with van der Waals surface area (Å²) in [7, 11) is 0. The quantitative estimate of drug-likeness (QED) is 0.811. The molecule has 2 rings (SSSR count). The van der Waals surface area contributed by atoms with Gasteiger partial charge in [0.1, 0.15) is 0 Å². The van der Waals surface area contributed by atoms with Crippen LogP contribution in [0.2, 0.25) is 0 Å². The zero-order valence-electron chi connectivity index (χ0n) is 12.0. The highest BCUT2D eigenvalue weighted by molar-refractivity contribution is 5.85. The van der Waals surface area contributed by atoms with E-state index in [0.29, 0.717) is 18.9 Å². The predicted molar refractivity (Wildman–Crippen MR) is 82.1 cm³/mol. The van der Waals surface area contributed by atoms with Crippen molar-refractivity contribution in [3.8, 4) is 5.75 Å². The molecule has 3 N–H and O–H groups in total. The average molecular weight is 317 g/mol. The largest absolute Gasteiger partial charge is 0.478 e. The van der Waals surface area contributed by atoms with Gasteiger partial charge in [0.2, 0.25) is 0 Å². The summed E-state index contributed by atoms with van der Waals surface area (Å²) in [6.07, 6.45) is 2.05. The van der Waals surface area contributed by atoms with Gasteiger partial charge in [-0.25, -0.2) is 4.39 Å². The van der Waals surface area contributed by atoms with Crippen molar-refractivity contribution in [1.82, 2.24) is 5.32 Å². The lowest BCUT2D eigenvalue weighted by atomic mass is 10.2. The molecular weight excluding hydrogens is 295 g/mol. The number of carbonyl (C=O) groups is 1. The molecule has 4 nitrogen and oxygen atoms in total. The van der Waals surface area contributed by atoms with E-state index in [1.54, 1.807) is 12.1 Å². The van der Waals surface area contributed by atoms with Crippen LogP contribution in [0.1, 0.15) is 26.2 Å². The van der Waals surface area contributed by atoms with Crippen LogP contribution in [-0.2, 0) is 4.79 Å². The van der Waals surface area contributed by atoms with Gasteiger partial charge in [0, 0.05) is 12.6 Å². The van der Waals surface area contributed by atoms with Gasteiger partial charge < -0.3 is 15.8 Å². The maximum Gasteiger partial charge on any atom is 0.261 e. The molecule has 1 amide bonds. The molecule has 6 heteroatoms. The molecule has 0 radical (unpaired) electrons. The second-order valence-electron chi connectivity index (χ2n) is 5.19. The summed E-state index contributed by atoms with van der Waals surface area (Å²) in [5.41, 5.74) is 5.93. The Kier molecular flexibility index (Phi) is 6.92. The molecule has 1 aromatic rings. The van der Waals surface area contributed by atoms with Crippen LogP contribution < -0.4 is 15.8 Å². The number of hydrogen-bond donors (Lipinski definition) is 2. The molecule has 0 saturated heterocycles. The number of rotatable bonds is 7. The third-order valence-corrected chi connectivity index (χ3v) is 3.51. The van der Waals surface area contributed by atoms with Crippen molar-refractivity contribution in [1.29, 1.82) is 0 Å². The monoisotopic (exact) mass is 316 g/mol. The van der Waals surface area contributed by atoms with Crippen molar-refractivity contribution < 1.29 is 13.9 Å². The molecular formula is C15H22ClFN2O2. The van der Waals surface area contributed by atoms with Crippen LogP contribution in [0.5, 0.6) is 5.75 Å². The Balaban J connectivity index is 0.00000220. The minimum absolute atomic E-state index is 0. The van der Waals surface area contributed by atoms with Gasteiger partial charge in [-0.05, 0) is 37.3 Å². The van der Waals surface area contributed by atoms with E-state index in [2.05, 4.69) is 5.32 Å². The Bertz CT molecular complexity index is 469. The average Bonchev–Trinajstić information content (AvgIpc) is 3.28.